The minimum atomic E-state index is -0.553. The van der Waals surface area contributed by atoms with E-state index in [-0.39, 0.29) is 0 Å². The van der Waals surface area contributed by atoms with Crippen molar-refractivity contribution in [1.82, 2.24) is 0 Å². The Morgan fingerprint density at radius 3 is 2.53 bits per heavy atom. The summed E-state index contributed by atoms with van der Waals surface area (Å²) in [7, 11) is 0. The summed E-state index contributed by atoms with van der Waals surface area (Å²) >= 11 is 11.4. The predicted octanol–water partition coefficient (Wildman–Crippen LogP) is 4.73. The summed E-state index contributed by atoms with van der Waals surface area (Å²) in [5.41, 5.74) is 2.06. The molecule has 1 aromatic carbocycles. The third-order valence-electron chi connectivity index (χ3n) is 2.61. The van der Waals surface area contributed by atoms with Crippen LogP contribution in [0.5, 0.6) is 0 Å². The van der Waals surface area contributed by atoms with Gasteiger partial charge in [0.25, 0.3) is 0 Å². The molecule has 0 bridgehead atoms. The molecule has 0 saturated carbocycles. The number of allylic oxidation sites excluding steroid dienone is 1. The van der Waals surface area contributed by atoms with Crippen LogP contribution in [-0.2, 0) is 0 Å². The predicted molar refractivity (Wildman–Crippen MR) is 74.7 cm³/mol. The highest BCUT2D eigenvalue weighted by molar-refractivity contribution is 6.30. The van der Waals surface area contributed by atoms with Gasteiger partial charge in [-0.2, -0.15) is 0 Å². The molecule has 0 aliphatic carbocycles. The zero-order valence-corrected chi connectivity index (χ0v) is 11.5. The minimum absolute atomic E-state index is 0.553. The fourth-order valence-corrected chi connectivity index (χ4v) is 1.92. The Hall–Kier alpha value is -0.500. The molecule has 0 heterocycles. The first kappa shape index (κ1) is 14.6. The first-order chi connectivity index (χ1) is 8.13. The number of unbranched alkanes of at least 4 members (excludes halogenated alkanes) is 1. The molecule has 1 aromatic rings. The lowest BCUT2D eigenvalue weighted by molar-refractivity contribution is 0.227. The van der Waals surface area contributed by atoms with Crippen LogP contribution in [0.1, 0.15) is 37.9 Å². The molecule has 0 aromatic heterocycles. The summed E-state index contributed by atoms with van der Waals surface area (Å²) in [6.07, 6.45) is 4.40. The highest BCUT2D eigenvalue weighted by Crippen LogP contribution is 2.20. The van der Waals surface area contributed by atoms with Gasteiger partial charge in [0, 0.05) is 10.9 Å². The summed E-state index contributed by atoms with van der Waals surface area (Å²) in [4.78, 5) is 0. The molecule has 0 aliphatic rings. The van der Waals surface area contributed by atoms with E-state index in [1.807, 2.05) is 25.1 Å². The highest BCUT2D eigenvalue weighted by atomic mass is 35.5. The van der Waals surface area contributed by atoms with E-state index < -0.39 is 6.10 Å². The van der Waals surface area contributed by atoms with Crippen LogP contribution in [0.25, 0.3) is 0 Å². The van der Waals surface area contributed by atoms with E-state index in [0.29, 0.717) is 10.9 Å². The zero-order chi connectivity index (χ0) is 12.7. The normalized spacial score (nSPS) is 13.8. The quantitative estimate of drug-likeness (QED) is 0.451. The van der Waals surface area contributed by atoms with E-state index in [0.717, 1.165) is 24.8 Å². The molecule has 17 heavy (non-hydrogen) atoms. The van der Waals surface area contributed by atoms with Crippen LogP contribution < -0.4 is 0 Å². The van der Waals surface area contributed by atoms with Crippen molar-refractivity contribution in [3.05, 3.63) is 46.5 Å². The van der Waals surface area contributed by atoms with E-state index in [4.69, 9.17) is 23.2 Å². The number of alkyl halides is 1. The SMILES string of the molecule is C/C(=C\[C@@H](O)c1ccc(Cl)cc1)CCCCCl. The standard InChI is InChI=1S/C14H18Cl2O/c1-11(4-2-3-9-15)10-14(17)12-5-7-13(16)8-6-12/h5-8,10,14,17H,2-4,9H2,1H3/b11-10+/t14-/m1/s1. The van der Waals surface area contributed by atoms with Crippen LogP contribution in [0.3, 0.4) is 0 Å². The Labute approximate surface area is 113 Å². The second-order valence-electron chi connectivity index (χ2n) is 4.16. The second-order valence-corrected chi connectivity index (χ2v) is 4.97. The van der Waals surface area contributed by atoms with Crippen LogP contribution in [0, 0.1) is 0 Å². The minimum Gasteiger partial charge on any atom is -0.384 e. The van der Waals surface area contributed by atoms with Gasteiger partial charge in [-0.05, 0) is 43.9 Å². The van der Waals surface area contributed by atoms with Crippen molar-refractivity contribution < 1.29 is 5.11 Å². The summed E-state index contributed by atoms with van der Waals surface area (Å²) < 4.78 is 0. The van der Waals surface area contributed by atoms with Crippen molar-refractivity contribution in [2.45, 2.75) is 32.3 Å². The summed E-state index contributed by atoms with van der Waals surface area (Å²) in [5, 5.41) is 10.7. The van der Waals surface area contributed by atoms with Gasteiger partial charge in [0.05, 0.1) is 6.10 Å². The Morgan fingerprint density at radius 2 is 1.94 bits per heavy atom. The Bertz CT molecular complexity index is 357. The van der Waals surface area contributed by atoms with Crippen LogP contribution in [0.15, 0.2) is 35.9 Å². The van der Waals surface area contributed by atoms with Crippen LogP contribution in [-0.4, -0.2) is 11.0 Å². The average Bonchev–Trinajstić information content (AvgIpc) is 2.30. The van der Waals surface area contributed by atoms with Crippen LogP contribution in [0.2, 0.25) is 5.02 Å². The smallest absolute Gasteiger partial charge is 0.0974 e. The lowest BCUT2D eigenvalue weighted by Crippen LogP contribution is -1.94. The Morgan fingerprint density at radius 1 is 1.29 bits per heavy atom. The van der Waals surface area contributed by atoms with Crippen molar-refractivity contribution in [2.75, 3.05) is 5.88 Å². The van der Waals surface area contributed by atoms with Crippen LogP contribution >= 0.6 is 23.2 Å². The van der Waals surface area contributed by atoms with Gasteiger partial charge < -0.3 is 5.11 Å². The van der Waals surface area contributed by atoms with Gasteiger partial charge in [0.2, 0.25) is 0 Å². The van der Waals surface area contributed by atoms with Gasteiger partial charge in [0.1, 0.15) is 0 Å². The van der Waals surface area contributed by atoms with E-state index >= 15 is 0 Å². The van der Waals surface area contributed by atoms with Gasteiger partial charge in [-0.3, -0.25) is 0 Å². The molecule has 0 saturated heterocycles. The fraction of sp³-hybridized carbons (Fsp3) is 0.429. The Balaban J connectivity index is 2.54. The number of halogens is 2. The molecular weight excluding hydrogens is 255 g/mol. The molecule has 1 nitrogen and oxygen atoms in total. The Kier molecular flexibility index (Phi) is 6.64. The molecule has 1 rings (SSSR count). The fourth-order valence-electron chi connectivity index (χ4n) is 1.61. The van der Waals surface area contributed by atoms with E-state index in [2.05, 4.69) is 0 Å². The number of aliphatic hydroxyl groups excluding tert-OH is 1. The van der Waals surface area contributed by atoms with Crippen molar-refractivity contribution in [3.63, 3.8) is 0 Å². The molecule has 1 atom stereocenters. The van der Waals surface area contributed by atoms with Gasteiger partial charge >= 0.3 is 0 Å². The molecule has 1 N–H and O–H groups in total. The maximum Gasteiger partial charge on any atom is 0.0974 e. The average molecular weight is 273 g/mol. The number of benzene rings is 1. The van der Waals surface area contributed by atoms with E-state index in [1.165, 1.54) is 5.57 Å². The second kappa shape index (κ2) is 7.75. The third kappa shape index (κ3) is 5.58. The first-order valence-corrected chi connectivity index (χ1v) is 6.71. The zero-order valence-electron chi connectivity index (χ0n) is 10.00. The topological polar surface area (TPSA) is 20.2 Å². The molecule has 0 aliphatic heterocycles. The number of hydrogen-bond donors (Lipinski definition) is 1. The van der Waals surface area contributed by atoms with Gasteiger partial charge in [-0.15, -0.1) is 11.6 Å². The van der Waals surface area contributed by atoms with Crippen molar-refractivity contribution in [1.29, 1.82) is 0 Å². The molecule has 3 heteroatoms. The monoisotopic (exact) mass is 272 g/mol. The van der Waals surface area contributed by atoms with Crippen molar-refractivity contribution >= 4 is 23.2 Å². The number of aliphatic hydroxyl groups is 1. The maximum absolute atomic E-state index is 9.99. The van der Waals surface area contributed by atoms with E-state index in [1.54, 1.807) is 12.1 Å². The summed E-state index contributed by atoms with van der Waals surface area (Å²) in [5.74, 6) is 0.701. The van der Waals surface area contributed by atoms with Crippen molar-refractivity contribution in [3.8, 4) is 0 Å². The lowest BCUT2D eigenvalue weighted by Gasteiger charge is -2.08. The summed E-state index contributed by atoms with van der Waals surface area (Å²) in [6.45, 7) is 2.04. The maximum atomic E-state index is 9.99. The molecular formula is C14H18Cl2O. The highest BCUT2D eigenvalue weighted by Gasteiger charge is 2.04. The molecule has 0 unspecified atom stereocenters. The molecule has 0 spiro atoms. The van der Waals surface area contributed by atoms with Gasteiger partial charge in [-0.25, -0.2) is 0 Å². The van der Waals surface area contributed by atoms with Crippen molar-refractivity contribution in [2.24, 2.45) is 0 Å². The van der Waals surface area contributed by atoms with E-state index in [9.17, 15) is 5.11 Å². The molecule has 0 amide bonds. The van der Waals surface area contributed by atoms with Crippen LogP contribution in [0.4, 0.5) is 0 Å². The molecule has 0 fully saturated rings. The van der Waals surface area contributed by atoms with Gasteiger partial charge in [-0.1, -0.05) is 35.4 Å². The molecule has 94 valence electrons. The number of rotatable bonds is 6. The number of hydrogen-bond acceptors (Lipinski definition) is 1. The third-order valence-corrected chi connectivity index (χ3v) is 3.13. The first-order valence-electron chi connectivity index (χ1n) is 5.80. The summed E-state index contributed by atoms with van der Waals surface area (Å²) in [6, 6.07) is 7.26. The lowest BCUT2D eigenvalue weighted by atomic mass is 10.0. The molecule has 0 radical (unpaired) electrons. The largest absolute Gasteiger partial charge is 0.384 e. The van der Waals surface area contributed by atoms with Gasteiger partial charge in [0.15, 0.2) is 0 Å².